The molecule has 0 spiro atoms. The molecule has 1 aliphatic rings. The molecule has 0 unspecified atom stereocenters. The number of hydrogen-bond acceptors (Lipinski definition) is 4. The van der Waals surface area contributed by atoms with Gasteiger partial charge in [-0.1, -0.05) is 30.7 Å². The third-order valence-corrected chi connectivity index (χ3v) is 4.66. The van der Waals surface area contributed by atoms with Gasteiger partial charge in [0.2, 0.25) is 0 Å². The summed E-state index contributed by atoms with van der Waals surface area (Å²) < 4.78 is 8.03. The molecule has 3 N–H and O–H groups in total. The number of fused-ring (bicyclic) bond motifs is 1. The Kier molecular flexibility index (Phi) is 5.51. The molecule has 3 aromatic rings. The van der Waals surface area contributed by atoms with Gasteiger partial charge >= 0.3 is 0 Å². The lowest BCUT2D eigenvalue weighted by atomic mass is 10.2. The second-order valence-corrected chi connectivity index (χ2v) is 6.76. The first kappa shape index (κ1) is 18.0. The van der Waals surface area contributed by atoms with Gasteiger partial charge < -0.3 is 20.4 Å². The standard InChI is InChI=1S/C21H24N6O/c22-21(23-15-20-26-25-19-12-5-2-6-13-27(19)20)24-16-8-7-11-18(14-16)28-17-9-3-1-4-10-17/h1,3-4,7-11,14H,2,5-6,12-13,15H2,(H3,22,23,24). The predicted molar refractivity (Wildman–Crippen MR) is 109 cm³/mol. The number of nitrogens with zero attached hydrogens (tertiary/aromatic N) is 4. The van der Waals surface area contributed by atoms with Crippen LogP contribution in [0.1, 0.15) is 30.9 Å². The molecule has 0 fully saturated rings. The van der Waals surface area contributed by atoms with Gasteiger partial charge in [-0.2, -0.15) is 0 Å². The summed E-state index contributed by atoms with van der Waals surface area (Å²) in [7, 11) is 0. The highest BCUT2D eigenvalue weighted by Crippen LogP contribution is 2.23. The lowest BCUT2D eigenvalue weighted by Gasteiger charge is -2.09. The molecule has 0 radical (unpaired) electrons. The Morgan fingerprint density at radius 1 is 1.04 bits per heavy atom. The van der Waals surface area contributed by atoms with Crippen LogP contribution < -0.4 is 15.8 Å². The Hall–Kier alpha value is -3.35. The molecule has 1 aliphatic heterocycles. The van der Waals surface area contributed by atoms with Crippen LogP contribution in [0.5, 0.6) is 11.5 Å². The number of rotatable bonds is 5. The molecule has 0 aliphatic carbocycles. The Labute approximate surface area is 164 Å². The molecular formula is C21H24N6O. The van der Waals surface area contributed by atoms with E-state index in [1.807, 2.05) is 54.6 Å². The van der Waals surface area contributed by atoms with Crippen molar-refractivity contribution in [1.29, 1.82) is 0 Å². The summed E-state index contributed by atoms with van der Waals surface area (Å²) >= 11 is 0. The van der Waals surface area contributed by atoms with Gasteiger partial charge in [-0.25, -0.2) is 4.99 Å². The average molecular weight is 376 g/mol. The van der Waals surface area contributed by atoms with Crippen molar-refractivity contribution in [3.8, 4) is 11.5 Å². The van der Waals surface area contributed by atoms with Gasteiger partial charge in [0.15, 0.2) is 11.8 Å². The molecule has 0 bridgehead atoms. The van der Waals surface area contributed by atoms with Gasteiger partial charge in [0, 0.05) is 24.7 Å². The number of ether oxygens (including phenoxy) is 1. The molecule has 2 aromatic carbocycles. The Balaban J connectivity index is 1.40. The summed E-state index contributed by atoms with van der Waals surface area (Å²) in [6.45, 7) is 1.37. The largest absolute Gasteiger partial charge is 0.457 e. The first-order chi connectivity index (χ1) is 13.8. The molecule has 7 nitrogen and oxygen atoms in total. The van der Waals surface area contributed by atoms with Gasteiger partial charge in [-0.05, 0) is 37.1 Å². The van der Waals surface area contributed by atoms with Gasteiger partial charge in [0.05, 0.1) is 0 Å². The van der Waals surface area contributed by atoms with E-state index >= 15 is 0 Å². The van der Waals surface area contributed by atoms with Crippen molar-refractivity contribution in [2.45, 2.75) is 38.8 Å². The molecular weight excluding hydrogens is 352 g/mol. The van der Waals surface area contributed by atoms with Crippen LogP contribution >= 0.6 is 0 Å². The van der Waals surface area contributed by atoms with E-state index in [1.54, 1.807) is 0 Å². The molecule has 0 saturated carbocycles. The fourth-order valence-corrected chi connectivity index (χ4v) is 3.27. The normalized spacial score (nSPS) is 14.2. The quantitative estimate of drug-likeness (QED) is 0.523. The van der Waals surface area contributed by atoms with Crippen molar-refractivity contribution in [3.63, 3.8) is 0 Å². The molecule has 7 heteroatoms. The first-order valence-electron chi connectivity index (χ1n) is 9.59. The van der Waals surface area contributed by atoms with Gasteiger partial charge in [0.1, 0.15) is 23.9 Å². The van der Waals surface area contributed by atoms with Gasteiger partial charge in [-0.3, -0.25) is 0 Å². The summed E-state index contributed by atoms with van der Waals surface area (Å²) in [5.74, 6) is 3.77. The predicted octanol–water partition coefficient (Wildman–Crippen LogP) is 3.72. The van der Waals surface area contributed by atoms with Gasteiger partial charge in [-0.15, -0.1) is 10.2 Å². The van der Waals surface area contributed by atoms with Crippen molar-refractivity contribution in [2.24, 2.45) is 10.7 Å². The zero-order valence-corrected chi connectivity index (χ0v) is 15.7. The highest BCUT2D eigenvalue weighted by atomic mass is 16.5. The highest BCUT2D eigenvalue weighted by molar-refractivity contribution is 5.92. The summed E-state index contributed by atoms with van der Waals surface area (Å²) in [5, 5.41) is 11.7. The lowest BCUT2D eigenvalue weighted by Crippen LogP contribution is -2.23. The zero-order valence-electron chi connectivity index (χ0n) is 15.7. The van der Waals surface area contributed by atoms with Crippen molar-refractivity contribution in [2.75, 3.05) is 5.32 Å². The van der Waals surface area contributed by atoms with Crippen LogP contribution in [0.3, 0.4) is 0 Å². The molecule has 28 heavy (non-hydrogen) atoms. The first-order valence-corrected chi connectivity index (χ1v) is 9.59. The number of nitrogens with two attached hydrogens (primary N) is 1. The third-order valence-electron chi connectivity index (χ3n) is 4.66. The number of aryl methyl sites for hydroxylation is 1. The van der Waals surface area contributed by atoms with Crippen molar-refractivity contribution in [3.05, 3.63) is 66.2 Å². The van der Waals surface area contributed by atoms with Crippen molar-refractivity contribution in [1.82, 2.24) is 14.8 Å². The number of aromatic nitrogens is 3. The fourth-order valence-electron chi connectivity index (χ4n) is 3.27. The van der Waals surface area contributed by atoms with E-state index in [2.05, 4.69) is 25.1 Å². The molecule has 144 valence electrons. The Morgan fingerprint density at radius 2 is 1.89 bits per heavy atom. The summed E-state index contributed by atoms with van der Waals surface area (Å²) in [6.07, 6.45) is 4.55. The van der Waals surface area contributed by atoms with E-state index in [4.69, 9.17) is 10.5 Å². The van der Waals surface area contributed by atoms with E-state index in [1.165, 1.54) is 12.8 Å². The van der Waals surface area contributed by atoms with Gasteiger partial charge in [0.25, 0.3) is 0 Å². The summed E-state index contributed by atoms with van der Waals surface area (Å²) in [4.78, 5) is 4.43. The Morgan fingerprint density at radius 3 is 2.79 bits per heavy atom. The number of nitrogens with one attached hydrogen (secondary N) is 1. The van der Waals surface area contributed by atoms with Crippen LogP contribution in [0.4, 0.5) is 5.69 Å². The van der Waals surface area contributed by atoms with E-state index in [0.717, 1.165) is 48.2 Å². The molecule has 4 rings (SSSR count). The maximum absolute atomic E-state index is 6.07. The number of aliphatic imine (C=N–C) groups is 1. The van der Waals surface area contributed by atoms with Crippen LogP contribution in [-0.2, 0) is 19.5 Å². The van der Waals surface area contributed by atoms with E-state index in [-0.39, 0.29) is 0 Å². The number of anilines is 1. The zero-order chi connectivity index (χ0) is 19.2. The lowest BCUT2D eigenvalue weighted by molar-refractivity contribution is 0.483. The highest BCUT2D eigenvalue weighted by Gasteiger charge is 2.14. The smallest absolute Gasteiger partial charge is 0.193 e. The van der Waals surface area contributed by atoms with E-state index < -0.39 is 0 Å². The average Bonchev–Trinajstić information content (AvgIpc) is 2.93. The van der Waals surface area contributed by atoms with Crippen LogP contribution in [0.15, 0.2) is 59.6 Å². The molecule has 1 aromatic heterocycles. The van der Waals surface area contributed by atoms with Crippen LogP contribution in [0.2, 0.25) is 0 Å². The summed E-state index contributed by atoms with van der Waals surface area (Å²) in [5.41, 5.74) is 6.89. The summed E-state index contributed by atoms with van der Waals surface area (Å²) in [6, 6.07) is 17.3. The fraction of sp³-hybridized carbons (Fsp3) is 0.286. The molecule has 2 heterocycles. The second kappa shape index (κ2) is 8.56. The number of benzene rings is 2. The second-order valence-electron chi connectivity index (χ2n) is 6.76. The topological polar surface area (TPSA) is 90.4 Å². The third kappa shape index (κ3) is 4.49. The van der Waals surface area contributed by atoms with Crippen molar-refractivity contribution >= 4 is 11.6 Å². The number of guanidine groups is 1. The van der Waals surface area contributed by atoms with Crippen molar-refractivity contribution < 1.29 is 4.74 Å². The number of hydrogen-bond donors (Lipinski definition) is 2. The minimum Gasteiger partial charge on any atom is -0.457 e. The maximum atomic E-state index is 6.07. The minimum atomic E-state index is 0.336. The molecule has 0 atom stereocenters. The van der Waals surface area contributed by atoms with Crippen LogP contribution in [0, 0.1) is 0 Å². The van der Waals surface area contributed by atoms with E-state index in [0.29, 0.717) is 12.5 Å². The van der Waals surface area contributed by atoms with Crippen LogP contribution in [0.25, 0.3) is 0 Å². The maximum Gasteiger partial charge on any atom is 0.193 e. The van der Waals surface area contributed by atoms with Crippen LogP contribution in [-0.4, -0.2) is 20.7 Å². The monoisotopic (exact) mass is 376 g/mol. The van der Waals surface area contributed by atoms with E-state index in [9.17, 15) is 0 Å². The molecule has 0 saturated heterocycles. The Bertz CT molecular complexity index is 951. The molecule has 0 amide bonds. The SMILES string of the molecule is NC(=NCc1nnc2n1CCCCC2)Nc1cccc(Oc2ccccc2)c1. The number of para-hydroxylation sites is 1. The minimum absolute atomic E-state index is 0.336.